The van der Waals surface area contributed by atoms with E-state index in [1.54, 1.807) is 13.2 Å². The Balaban J connectivity index is 1.88. The number of aryl methyl sites for hydroxylation is 1. The fraction of sp³-hybridized carbons (Fsp3) is 0.100. The van der Waals surface area contributed by atoms with E-state index in [-0.39, 0.29) is 11.5 Å². The quantitative estimate of drug-likeness (QED) is 0.742. The van der Waals surface area contributed by atoms with Crippen LogP contribution in [0.15, 0.2) is 53.3 Å². The average molecular weight is 366 g/mol. The molecule has 1 amide bonds. The Bertz CT molecular complexity index is 1100. The van der Waals surface area contributed by atoms with Gasteiger partial charge in [0, 0.05) is 17.3 Å². The number of thiazole rings is 1. The molecule has 0 atom stereocenters. The molecule has 132 valence electrons. The highest BCUT2D eigenvalue weighted by Gasteiger charge is 2.02. The van der Waals surface area contributed by atoms with Gasteiger partial charge in [0.2, 0.25) is 0 Å². The molecule has 0 aliphatic heterocycles. The van der Waals surface area contributed by atoms with E-state index < -0.39 is 0 Å². The van der Waals surface area contributed by atoms with Gasteiger partial charge in [-0.2, -0.15) is 0 Å². The Morgan fingerprint density at radius 3 is 2.62 bits per heavy atom. The van der Waals surface area contributed by atoms with Crippen LogP contribution < -0.4 is 24.8 Å². The van der Waals surface area contributed by atoms with Crippen molar-refractivity contribution in [2.45, 2.75) is 6.92 Å². The first-order valence-corrected chi connectivity index (χ1v) is 8.80. The molecule has 2 N–H and O–H groups in total. The molecule has 0 aliphatic rings. The Morgan fingerprint density at radius 1 is 1.15 bits per heavy atom. The van der Waals surface area contributed by atoms with E-state index in [1.807, 2.05) is 55.5 Å². The van der Waals surface area contributed by atoms with Gasteiger partial charge in [-0.1, -0.05) is 35.9 Å². The number of aromatic nitrogens is 1. The number of ether oxygens (including phenoxy) is 1. The van der Waals surface area contributed by atoms with Crippen LogP contribution in [0.2, 0.25) is 0 Å². The highest BCUT2D eigenvalue weighted by molar-refractivity contribution is 7.07. The van der Waals surface area contributed by atoms with Crippen LogP contribution in [-0.2, 0) is 4.79 Å². The van der Waals surface area contributed by atoms with Gasteiger partial charge in [0.05, 0.1) is 11.6 Å². The lowest BCUT2D eigenvalue weighted by atomic mass is 10.2. The van der Waals surface area contributed by atoms with Gasteiger partial charge in [0.1, 0.15) is 10.4 Å². The lowest BCUT2D eigenvalue weighted by molar-refractivity contribution is -0.110. The van der Waals surface area contributed by atoms with Gasteiger partial charge < -0.3 is 15.0 Å². The molecule has 0 saturated heterocycles. The zero-order valence-corrected chi connectivity index (χ0v) is 15.2. The topological polar surface area (TPSA) is 71.2 Å². The maximum absolute atomic E-state index is 12.2. The summed E-state index contributed by atoms with van der Waals surface area (Å²) in [5, 5.41) is 2.77. The van der Waals surface area contributed by atoms with E-state index in [4.69, 9.17) is 4.74 Å². The van der Waals surface area contributed by atoms with Crippen LogP contribution >= 0.6 is 11.3 Å². The number of carbonyl (C=O) groups excluding carboxylic acids is 1. The molecular formula is C20H18N2O3S. The maximum atomic E-state index is 12.2. The molecule has 3 rings (SSSR count). The third kappa shape index (κ3) is 4.29. The van der Waals surface area contributed by atoms with Crippen molar-refractivity contribution in [1.82, 2.24) is 4.98 Å². The van der Waals surface area contributed by atoms with Gasteiger partial charge in [0.25, 0.3) is 11.5 Å². The summed E-state index contributed by atoms with van der Waals surface area (Å²) in [6.45, 7) is 1.98. The van der Waals surface area contributed by atoms with Crippen molar-refractivity contribution in [3.05, 3.63) is 79.2 Å². The standard InChI is InChI=1S/C20H18N2O3S/c1-13-7-9-15(10-8-13)21-18(23)12-19-22-20(24)17(26-19)11-14-5-3-4-6-16(14)25-2/h3-12H,1-2H3,(H,21,23)(H,22,24)/b17-11-,19-12-. The van der Waals surface area contributed by atoms with Crippen molar-refractivity contribution in [2.75, 3.05) is 12.4 Å². The third-order valence-electron chi connectivity index (χ3n) is 3.69. The minimum Gasteiger partial charge on any atom is -0.496 e. The van der Waals surface area contributed by atoms with Crippen LogP contribution in [0.25, 0.3) is 12.2 Å². The van der Waals surface area contributed by atoms with Crippen molar-refractivity contribution >= 4 is 35.1 Å². The number of methoxy groups -OCH3 is 1. The summed E-state index contributed by atoms with van der Waals surface area (Å²) in [7, 11) is 1.58. The average Bonchev–Trinajstić information content (AvgIpc) is 2.96. The van der Waals surface area contributed by atoms with Crippen molar-refractivity contribution in [2.24, 2.45) is 0 Å². The molecule has 0 unspecified atom stereocenters. The molecule has 1 heterocycles. The molecule has 0 bridgehead atoms. The lowest BCUT2D eigenvalue weighted by Gasteiger charge is -2.02. The first-order valence-electron chi connectivity index (χ1n) is 7.98. The maximum Gasteiger partial charge on any atom is 0.266 e. The highest BCUT2D eigenvalue weighted by atomic mass is 32.1. The number of aromatic amines is 1. The van der Waals surface area contributed by atoms with Crippen molar-refractivity contribution in [1.29, 1.82) is 0 Å². The number of amides is 1. The van der Waals surface area contributed by atoms with E-state index in [0.29, 0.717) is 20.6 Å². The first-order chi connectivity index (χ1) is 12.5. The van der Waals surface area contributed by atoms with Gasteiger partial charge in [-0.15, -0.1) is 11.3 Å². The van der Waals surface area contributed by atoms with Crippen LogP contribution in [-0.4, -0.2) is 18.0 Å². The molecule has 0 radical (unpaired) electrons. The summed E-state index contributed by atoms with van der Waals surface area (Å²) in [5.41, 5.74) is 2.39. The molecule has 5 nitrogen and oxygen atoms in total. The number of anilines is 1. The Kier molecular flexibility index (Phi) is 5.34. The molecule has 3 aromatic rings. The van der Waals surface area contributed by atoms with Crippen molar-refractivity contribution in [3.8, 4) is 5.75 Å². The highest BCUT2D eigenvalue weighted by Crippen LogP contribution is 2.17. The summed E-state index contributed by atoms with van der Waals surface area (Å²) in [5.74, 6) is 0.387. The van der Waals surface area contributed by atoms with Crippen molar-refractivity contribution < 1.29 is 9.53 Å². The van der Waals surface area contributed by atoms with Crippen LogP contribution in [0.4, 0.5) is 5.69 Å². The lowest BCUT2D eigenvalue weighted by Crippen LogP contribution is -2.20. The van der Waals surface area contributed by atoms with Crippen LogP contribution in [0.5, 0.6) is 5.75 Å². The van der Waals surface area contributed by atoms with Gasteiger partial charge >= 0.3 is 0 Å². The smallest absolute Gasteiger partial charge is 0.266 e. The van der Waals surface area contributed by atoms with E-state index in [9.17, 15) is 9.59 Å². The Hall–Kier alpha value is -3.12. The van der Waals surface area contributed by atoms with Crippen LogP contribution in [0.3, 0.4) is 0 Å². The molecule has 0 fully saturated rings. The van der Waals surface area contributed by atoms with Gasteiger partial charge in [-0.05, 0) is 31.2 Å². The number of nitrogens with one attached hydrogen (secondary N) is 2. The van der Waals surface area contributed by atoms with Crippen molar-refractivity contribution in [3.63, 3.8) is 0 Å². The van der Waals surface area contributed by atoms with Gasteiger partial charge in [0.15, 0.2) is 0 Å². The molecule has 6 heteroatoms. The summed E-state index contributed by atoms with van der Waals surface area (Å²) >= 11 is 1.22. The zero-order chi connectivity index (χ0) is 18.5. The van der Waals surface area contributed by atoms with E-state index >= 15 is 0 Å². The number of hydrogen-bond donors (Lipinski definition) is 2. The predicted octanol–water partition coefficient (Wildman–Crippen LogP) is 2.00. The summed E-state index contributed by atoms with van der Waals surface area (Å²) in [4.78, 5) is 27.0. The molecule has 26 heavy (non-hydrogen) atoms. The number of rotatable bonds is 4. The second-order valence-corrected chi connectivity index (χ2v) is 6.75. The first kappa shape index (κ1) is 17.7. The number of H-pyrrole nitrogens is 1. The normalized spacial score (nSPS) is 12.2. The molecular weight excluding hydrogens is 348 g/mol. The second-order valence-electron chi connectivity index (χ2n) is 5.67. The molecule has 0 spiro atoms. The Morgan fingerprint density at radius 2 is 1.88 bits per heavy atom. The minimum absolute atomic E-state index is 0.240. The van der Waals surface area contributed by atoms with Gasteiger partial charge in [-0.25, -0.2) is 0 Å². The Labute approximate surface area is 154 Å². The number of para-hydroxylation sites is 1. The predicted molar refractivity (Wildman–Crippen MR) is 105 cm³/mol. The summed E-state index contributed by atoms with van der Waals surface area (Å²) in [6, 6.07) is 14.9. The van der Waals surface area contributed by atoms with E-state index in [0.717, 1.165) is 11.1 Å². The van der Waals surface area contributed by atoms with E-state index in [2.05, 4.69) is 10.3 Å². The third-order valence-corrected chi connectivity index (χ3v) is 4.65. The minimum atomic E-state index is -0.296. The SMILES string of the molecule is COc1ccccc1/C=c1\s/c(=C\C(=O)Nc2ccc(C)cc2)[nH]c1=O. The fourth-order valence-corrected chi connectivity index (χ4v) is 3.26. The molecule has 2 aromatic carbocycles. The van der Waals surface area contributed by atoms with E-state index in [1.165, 1.54) is 17.4 Å². The van der Waals surface area contributed by atoms with Gasteiger partial charge in [-0.3, -0.25) is 9.59 Å². The molecule has 1 aromatic heterocycles. The number of benzene rings is 2. The number of carbonyl (C=O) groups is 1. The zero-order valence-electron chi connectivity index (χ0n) is 14.4. The summed E-state index contributed by atoms with van der Waals surface area (Å²) < 4.78 is 6.28. The van der Waals surface area contributed by atoms with Crippen LogP contribution in [0.1, 0.15) is 11.1 Å². The molecule has 0 aliphatic carbocycles. The molecule has 0 saturated carbocycles. The fourth-order valence-electron chi connectivity index (χ4n) is 2.39. The number of hydrogen-bond acceptors (Lipinski definition) is 4. The largest absolute Gasteiger partial charge is 0.496 e. The summed E-state index contributed by atoms with van der Waals surface area (Å²) in [6.07, 6.45) is 3.13. The van der Waals surface area contributed by atoms with Crippen LogP contribution in [0, 0.1) is 6.92 Å². The second kappa shape index (κ2) is 7.84. The monoisotopic (exact) mass is 366 g/mol.